The molecule has 0 aliphatic rings. The zero-order valence-corrected chi connectivity index (χ0v) is 12.7. The summed E-state index contributed by atoms with van der Waals surface area (Å²) in [5, 5.41) is 0.970. The Balaban J connectivity index is 2.02. The maximum absolute atomic E-state index is 5.77. The third kappa shape index (κ3) is 3.17. The molecule has 4 heteroatoms. The molecule has 0 spiro atoms. The van der Waals surface area contributed by atoms with Crippen LogP contribution >= 0.6 is 11.3 Å². The Morgan fingerprint density at radius 2 is 2.05 bits per heavy atom. The van der Waals surface area contributed by atoms with Crippen LogP contribution in [0.3, 0.4) is 0 Å². The van der Waals surface area contributed by atoms with Gasteiger partial charge in [0.1, 0.15) is 5.01 Å². The summed E-state index contributed by atoms with van der Waals surface area (Å²) in [6.07, 6.45) is 2.62. The summed E-state index contributed by atoms with van der Waals surface area (Å²) in [6, 6.07) is 14.4. The third-order valence-corrected chi connectivity index (χ3v) is 4.35. The topological polar surface area (TPSA) is 51.8 Å². The number of nitrogens with two attached hydrogens (primary N) is 1. The lowest BCUT2D eigenvalue weighted by atomic mass is 10.1. The van der Waals surface area contributed by atoms with Crippen LogP contribution in [0, 0.1) is 6.92 Å². The molecular formula is C17H17N3S. The molecule has 3 nitrogen and oxygen atoms in total. The largest absolute Gasteiger partial charge is 0.325 e. The zero-order valence-electron chi connectivity index (χ0n) is 11.9. The van der Waals surface area contributed by atoms with Crippen LogP contribution in [-0.4, -0.2) is 9.97 Å². The van der Waals surface area contributed by atoms with E-state index in [1.165, 1.54) is 10.4 Å². The van der Waals surface area contributed by atoms with E-state index in [2.05, 4.69) is 36.2 Å². The van der Waals surface area contributed by atoms with Crippen LogP contribution in [0.5, 0.6) is 0 Å². The van der Waals surface area contributed by atoms with E-state index in [1.54, 1.807) is 11.3 Å². The first-order chi connectivity index (χ1) is 10.3. The van der Waals surface area contributed by atoms with Gasteiger partial charge in [-0.3, -0.25) is 4.98 Å². The molecule has 0 bridgehead atoms. The maximum Gasteiger partial charge on any atom is 0.107 e. The quantitative estimate of drug-likeness (QED) is 0.800. The number of thiazole rings is 1. The maximum atomic E-state index is 5.77. The predicted octanol–water partition coefficient (Wildman–Crippen LogP) is 3.56. The van der Waals surface area contributed by atoms with E-state index in [9.17, 15) is 0 Å². The molecule has 106 valence electrons. The highest BCUT2D eigenvalue weighted by Crippen LogP contribution is 2.30. The van der Waals surface area contributed by atoms with Gasteiger partial charge in [0.15, 0.2) is 0 Å². The van der Waals surface area contributed by atoms with Crippen molar-refractivity contribution in [3.63, 3.8) is 0 Å². The van der Waals surface area contributed by atoms with Crippen LogP contribution in [0.25, 0.3) is 11.3 Å². The molecule has 0 saturated carbocycles. The fraction of sp³-hybridized carbons (Fsp3) is 0.176. The lowest BCUT2D eigenvalue weighted by molar-refractivity contribution is 1.04. The average Bonchev–Trinajstić information content (AvgIpc) is 2.91. The summed E-state index contributed by atoms with van der Waals surface area (Å²) in [6.45, 7) is 2.57. The Labute approximate surface area is 128 Å². The lowest BCUT2D eigenvalue weighted by Gasteiger charge is -2.03. The van der Waals surface area contributed by atoms with Gasteiger partial charge in [0.2, 0.25) is 0 Å². The Morgan fingerprint density at radius 3 is 2.76 bits per heavy atom. The minimum absolute atomic E-state index is 0.478. The Kier molecular flexibility index (Phi) is 4.08. The van der Waals surface area contributed by atoms with Crippen molar-refractivity contribution in [2.24, 2.45) is 5.73 Å². The zero-order chi connectivity index (χ0) is 14.7. The highest BCUT2D eigenvalue weighted by atomic mass is 32.1. The van der Waals surface area contributed by atoms with Crippen molar-refractivity contribution in [2.75, 3.05) is 0 Å². The fourth-order valence-corrected chi connectivity index (χ4v) is 3.28. The molecule has 1 aromatic carbocycles. The van der Waals surface area contributed by atoms with Gasteiger partial charge < -0.3 is 5.73 Å². The third-order valence-electron chi connectivity index (χ3n) is 3.28. The fourth-order valence-electron chi connectivity index (χ4n) is 2.29. The minimum atomic E-state index is 0.478. The van der Waals surface area contributed by atoms with E-state index in [4.69, 9.17) is 10.7 Å². The number of nitrogens with zero attached hydrogens (tertiary/aromatic N) is 2. The average molecular weight is 295 g/mol. The van der Waals surface area contributed by atoms with E-state index < -0.39 is 0 Å². The van der Waals surface area contributed by atoms with Gasteiger partial charge in [-0.15, -0.1) is 11.3 Å². The minimum Gasteiger partial charge on any atom is -0.325 e. The molecule has 21 heavy (non-hydrogen) atoms. The van der Waals surface area contributed by atoms with Crippen molar-refractivity contribution < 1.29 is 0 Å². The van der Waals surface area contributed by atoms with Crippen LogP contribution in [0.4, 0.5) is 0 Å². The number of aromatic nitrogens is 2. The predicted molar refractivity (Wildman–Crippen MR) is 87.2 cm³/mol. The van der Waals surface area contributed by atoms with Gasteiger partial charge in [-0.25, -0.2) is 4.98 Å². The van der Waals surface area contributed by atoms with Gasteiger partial charge in [0, 0.05) is 35.3 Å². The highest BCUT2D eigenvalue weighted by Gasteiger charge is 2.13. The van der Waals surface area contributed by atoms with Crippen molar-refractivity contribution >= 4 is 11.3 Å². The molecule has 0 aliphatic carbocycles. The summed E-state index contributed by atoms with van der Waals surface area (Å²) in [5.41, 5.74) is 10.2. The van der Waals surface area contributed by atoms with Crippen molar-refractivity contribution in [3.8, 4) is 11.3 Å². The molecule has 0 unspecified atom stereocenters. The number of hydrogen-bond acceptors (Lipinski definition) is 4. The molecule has 0 fully saturated rings. The first kappa shape index (κ1) is 13.9. The van der Waals surface area contributed by atoms with Crippen LogP contribution < -0.4 is 5.73 Å². The molecule has 0 atom stereocenters. The van der Waals surface area contributed by atoms with Crippen LogP contribution in [-0.2, 0) is 13.0 Å². The Bertz CT molecular complexity index is 735. The van der Waals surface area contributed by atoms with Crippen LogP contribution in [0.15, 0.2) is 48.7 Å². The van der Waals surface area contributed by atoms with Crippen molar-refractivity contribution in [3.05, 3.63) is 69.8 Å². The molecule has 0 amide bonds. The molecule has 0 aliphatic heterocycles. The van der Waals surface area contributed by atoms with Gasteiger partial charge in [-0.05, 0) is 25.1 Å². The molecule has 3 rings (SSSR count). The molecule has 2 N–H and O–H groups in total. The van der Waals surface area contributed by atoms with Gasteiger partial charge in [-0.1, -0.05) is 29.8 Å². The molecule has 2 aromatic heterocycles. The van der Waals surface area contributed by atoms with Crippen molar-refractivity contribution in [1.29, 1.82) is 0 Å². The van der Waals surface area contributed by atoms with Gasteiger partial charge in [0.05, 0.1) is 5.69 Å². The van der Waals surface area contributed by atoms with Crippen LogP contribution in [0.1, 0.15) is 21.1 Å². The summed E-state index contributed by atoms with van der Waals surface area (Å²) in [7, 11) is 0. The molecular weight excluding hydrogens is 278 g/mol. The number of benzene rings is 1. The van der Waals surface area contributed by atoms with Gasteiger partial charge in [-0.2, -0.15) is 0 Å². The van der Waals surface area contributed by atoms with Gasteiger partial charge in [0.25, 0.3) is 0 Å². The molecule has 3 aromatic rings. The van der Waals surface area contributed by atoms with Crippen LogP contribution in [0.2, 0.25) is 0 Å². The van der Waals surface area contributed by atoms with Crippen molar-refractivity contribution in [1.82, 2.24) is 9.97 Å². The SMILES string of the molecule is Cc1cccc(-c2nc(CN)sc2Cc2ccccn2)c1. The summed E-state index contributed by atoms with van der Waals surface area (Å²) < 4.78 is 0. The second-order valence-corrected chi connectivity index (χ2v) is 6.12. The van der Waals surface area contributed by atoms with Crippen molar-refractivity contribution in [2.45, 2.75) is 19.9 Å². The van der Waals surface area contributed by atoms with E-state index in [-0.39, 0.29) is 0 Å². The van der Waals surface area contributed by atoms with E-state index >= 15 is 0 Å². The Hall–Kier alpha value is -2.04. The number of pyridine rings is 1. The summed E-state index contributed by atoms with van der Waals surface area (Å²) >= 11 is 1.68. The first-order valence-corrected chi connectivity index (χ1v) is 7.73. The van der Waals surface area contributed by atoms with E-state index in [0.29, 0.717) is 6.54 Å². The molecule has 0 saturated heterocycles. The second-order valence-electron chi connectivity index (χ2n) is 4.95. The summed E-state index contributed by atoms with van der Waals surface area (Å²) in [5.74, 6) is 0. The normalized spacial score (nSPS) is 10.8. The first-order valence-electron chi connectivity index (χ1n) is 6.92. The highest BCUT2D eigenvalue weighted by molar-refractivity contribution is 7.12. The summed E-state index contributed by atoms with van der Waals surface area (Å²) in [4.78, 5) is 10.3. The smallest absolute Gasteiger partial charge is 0.107 e. The van der Waals surface area contributed by atoms with E-state index in [1.807, 2.05) is 24.4 Å². The lowest BCUT2D eigenvalue weighted by Crippen LogP contribution is -1.94. The molecule has 0 radical (unpaired) electrons. The van der Waals surface area contributed by atoms with E-state index in [0.717, 1.165) is 28.4 Å². The monoisotopic (exact) mass is 295 g/mol. The standard InChI is InChI=1S/C17H17N3S/c1-12-5-4-6-13(9-12)17-15(21-16(11-18)20-17)10-14-7-2-3-8-19-14/h2-9H,10-11,18H2,1H3. The number of hydrogen-bond donors (Lipinski definition) is 1. The molecule has 2 heterocycles. The number of aryl methyl sites for hydroxylation is 1. The Morgan fingerprint density at radius 1 is 1.14 bits per heavy atom. The second kappa shape index (κ2) is 6.16. The van der Waals surface area contributed by atoms with Gasteiger partial charge >= 0.3 is 0 Å². The number of rotatable bonds is 4.